The van der Waals surface area contributed by atoms with Crippen molar-refractivity contribution in [1.82, 2.24) is 15.2 Å². The van der Waals surface area contributed by atoms with Crippen LogP contribution in [0.1, 0.15) is 22.8 Å². The van der Waals surface area contributed by atoms with E-state index in [1.807, 2.05) is 49.9 Å². The number of halogens is 1. The molecule has 3 N–H and O–H groups in total. The lowest BCUT2D eigenvalue weighted by Crippen LogP contribution is -2.37. The number of carbonyl (C=O) groups excluding carboxylic acids is 2. The first-order chi connectivity index (χ1) is 20.2. The van der Waals surface area contributed by atoms with Crippen LogP contribution in [0.2, 0.25) is 0 Å². The van der Waals surface area contributed by atoms with Gasteiger partial charge in [-0.3, -0.25) is 14.6 Å². The van der Waals surface area contributed by atoms with Crippen molar-refractivity contribution in [3.63, 3.8) is 0 Å². The summed E-state index contributed by atoms with van der Waals surface area (Å²) in [7, 11) is 3.93. The average Bonchev–Trinajstić information content (AvgIpc) is 3.32. The first kappa shape index (κ1) is 29.2. The zero-order chi connectivity index (χ0) is 29.8. The number of anilines is 3. The Hall–Kier alpha value is -4.29. The molecule has 1 atom stereocenters. The number of nitrogens with zero attached hydrogens (tertiary/aromatic N) is 5. The number of aryl methyl sites for hydroxylation is 1. The Labute approximate surface area is 245 Å². The number of aliphatic imine (C=N–C) groups is 1. The maximum atomic E-state index is 14.5. The Balaban J connectivity index is 1.30. The fraction of sp³-hybridized carbons (Fsp3) is 0.400. The van der Waals surface area contributed by atoms with E-state index in [4.69, 9.17) is 4.74 Å². The summed E-state index contributed by atoms with van der Waals surface area (Å²) in [5.41, 5.74) is 4.73. The van der Waals surface area contributed by atoms with E-state index in [1.54, 1.807) is 17.1 Å². The smallest absolute Gasteiger partial charge is 0.255 e. The molecule has 12 heteroatoms. The van der Waals surface area contributed by atoms with Crippen molar-refractivity contribution < 1.29 is 18.7 Å². The summed E-state index contributed by atoms with van der Waals surface area (Å²) in [4.78, 5) is 34.6. The van der Waals surface area contributed by atoms with Gasteiger partial charge in [0.15, 0.2) is 5.84 Å². The molecule has 0 aromatic heterocycles. The van der Waals surface area contributed by atoms with E-state index in [-0.39, 0.29) is 17.4 Å². The highest BCUT2D eigenvalue weighted by Gasteiger charge is 2.37. The fourth-order valence-corrected chi connectivity index (χ4v) is 5.16. The minimum atomic E-state index is -0.471. The van der Waals surface area contributed by atoms with Crippen LogP contribution in [0.3, 0.4) is 0 Å². The number of likely N-dealkylation sites (N-methyl/N-ethyl adjacent to an activating group) is 1. The van der Waals surface area contributed by atoms with Gasteiger partial charge in [0.1, 0.15) is 17.9 Å². The van der Waals surface area contributed by atoms with E-state index in [0.29, 0.717) is 56.6 Å². The van der Waals surface area contributed by atoms with E-state index in [1.165, 1.54) is 18.5 Å². The maximum Gasteiger partial charge on any atom is 0.255 e. The quantitative estimate of drug-likeness (QED) is 0.443. The van der Waals surface area contributed by atoms with Crippen molar-refractivity contribution >= 4 is 41.1 Å². The van der Waals surface area contributed by atoms with E-state index in [2.05, 4.69) is 26.0 Å². The summed E-state index contributed by atoms with van der Waals surface area (Å²) < 4.78 is 19.8. The molecule has 222 valence electrons. The summed E-state index contributed by atoms with van der Waals surface area (Å²) in [6.07, 6.45) is 1.46. The number of fused-ring (bicyclic) bond motifs is 1. The van der Waals surface area contributed by atoms with Gasteiger partial charge in [0.05, 0.1) is 25.7 Å². The number of benzene rings is 2. The number of hydrogen-bond acceptors (Lipinski definition) is 9. The molecule has 3 aliphatic rings. The standard InChI is InChI=1S/C30H37FN8O3/c1-19-5-6-23(35-29(40)21-13-22(31)15-24(14-21)38-9-11-42-12-10-38)16-26(19)36-28-27-20(2)25(17-39(27)34-18-33-28)30(41)32-7-8-37(3)4/h5-6,13-16,18,25H,7-12,17H2,1-4H3,(H,32,41)(H,35,40)(H,33,34,36). The van der Waals surface area contributed by atoms with Crippen LogP contribution < -0.4 is 20.9 Å². The van der Waals surface area contributed by atoms with Crippen molar-refractivity contribution in [2.45, 2.75) is 13.8 Å². The molecule has 0 radical (unpaired) electrons. The third-order valence-corrected chi connectivity index (χ3v) is 7.56. The van der Waals surface area contributed by atoms with Crippen LogP contribution in [0.15, 0.2) is 57.8 Å². The van der Waals surface area contributed by atoms with Gasteiger partial charge in [-0.25, -0.2) is 9.38 Å². The number of hydrazone groups is 1. The average molecular weight is 577 g/mol. The van der Waals surface area contributed by atoms with Crippen LogP contribution in [0.5, 0.6) is 0 Å². The van der Waals surface area contributed by atoms with Crippen molar-refractivity contribution in [2.75, 3.05) is 75.6 Å². The predicted molar refractivity (Wildman–Crippen MR) is 163 cm³/mol. The Kier molecular flexibility index (Phi) is 8.83. The van der Waals surface area contributed by atoms with Crippen LogP contribution in [-0.4, -0.2) is 93.9 Å². The van der Waals surface area contributed by atoms with Gasteiger partial charge in [0.25, 0.3) is 5.91 Å². The molecule has 11 nitrogen and oxygen atoms in total. The number of hydrogen-bond donors (Lipinski definition) is 3. The zero-order valence-electron chi connectivity index (χ0n) is 24.4. The minimum absolute atomic E-state index is 0.0409. The molecule has 1 fully saturated rings. The molecule has 2 aromatic carbocycles. The fourth-order valence-electron chi connectivity index (χ4n) is 5.16. The SMILES string of the molecule is CC1=C2C(Nc3cc(NC(=O)c4cc(F)cc(N5CCOCC5)c4)ccc3C)=NC=NN2CC1C(=O)NCCN(C)C. The van der Waals surface area contributed by atoms with Gasteiger partial charge in [0, 0.05) is 48.8 Å². The Morgan fingerprint density at radius 1 is 1.12 bits per heavy atom. The zero-order valence-corrected chi connectivity index (χ0v) is 24.4. The molecule has 42 heavy (non-hydrogen) atoms. The molecule has 0 spiro atoms. The van der Waals surface area contributed by atoms with E-state index in [9.17, 15) is 14.0 Å². The van der Waals surface area contributed by atoms with E-state index in [0.717, 1.165) is 29.1 Å². The van der Waals surface area contributed by atoms with E-state index < -0.39 is 11.7 Å². The van der Waals surface area contributed by atoms with Crippen LogP contribution >= 0.6 is 0 Å². The molecular weight excluding hydrogens is 539 g/mol. The third-order valence-electron chi connectivity index (χ3n) is 7.56. The number of ether oxygens (including phenoxy) is 1. The largest absolute Gasteiger partial charge is 0.378 e. The topological polar surface area (TPSA) is 114 Å². The summed E-state index contributed by atoms with van der Waals surface area (Å²) in [6, 6.07) is 9.86. The van der Waals surface area contributed by atoms with Gasteiger partial charge in [-0.15, -0.1) is 0 Å². The molecule has 0 saturated carbocycles. The lowest BCUT2D eigenvalue weighted by molar-refractivity contribution is -0.123. The summed E-state index contributed by atoms with van der Waals surface area (Å²) in [5.74, 6) is -0.699. The molecule has 0 bridgehead atoms. The predicted octanol–water partition coefficient (Wildman–Crippen LogP) is 2.87. The highest BCUT2D eigenvalue weighted by Crippen LogP contribution is 2.32. The summed E-state index contributed by atoms with van der Waals surface area (Å²) >= 11 is 0. The van der Waals surface area contributed by atoms with Crippen LogP contribution in [0.4, 0.5) is 21.5 Å². The monoisotopic (exact) mass is 576 g/mol. The second-order valence-corrected chi connectivity index (χ2v) is 10.9. The van der Waals surface area contributed by atoms with Gasteiger partial charge in [0.2, 0.25) is 5.91 Å². The number of amidine groups is 1. The van der Waals surface area contributed by atoms with Gasteiger partial charge in [-0.2, -0.15) is 5.10 Å². The van der Waals surface area contributed by atoms with Gasteiger partial charge >= 0.3 is 0 Å². The first-order valence-corrected chi connectivity index (χ1v) is 14.0. The van der Waals surface area contributed by atoms with Crippen molar-refractivity contribution in [2.24, 2.45) is 16.0 Å². The number of rotatable bonds is 8. The second-order valence-electron chi connectivity index (χ2n) is 10.9. The van der Waals surface area contributed by atoms with Crippen LogP contribution in [0.25, 0.3) is 0 Å². The number of carbonyl (C=O) groups is 2. The number of amides is 2. The molecule has 1 unspecified atom stereocenters. The molecule has 2 aromatic rings. The molecule has 3 heterocycles. The van der Waals surface area contributed by atoms with Gasteiger partial charge < -0.3 is 30.5 Å². The summed E-state index contributed by atoms with van der Waals surface area (Å²) in [5, 5.41) is 15.4. The maximum absolute atomic E-state index is 14.5. The third kappa shape index (κ3) is 6.60. The molecular formula is C30H37FN8O3. The van der Waals surface area contributed by atoms with Gasteiger partial charge in [-0.05, 0) is 69.4 Å². The number of morpholine rings is 1. The molecule has 2 amide bonds. The lowest BCUT2D eigenvalue weighted by atomic mass is 10.0. The molecule has 1 saturated heterocycles. The second kappa shape index (κ2) is 12.7. The highest BCUT2D eigenvalue weighted by molar-refractivity contribution is 6.13. The Morgan fingerprint density at radius 2 is 1.90 bits per heavy atom. The molecule has 3 aliphatic heterocycles. The molecule has 5 rings (SSSR count). The van der Waals surface area contributed by atoms with E-state index >= 15 is 0 Å². The number of nitrogens with one attached hydrogen (secondary N) is 3. The van der Waals surface area contributed by atoms with Crippen molar-refractivity contribution in [1.29, 1.82) is 0 Å². The van der Waals surface area contributed by atoms with Gasteiger partial charge in [-0.1, -0.05) is 6.07 Å². The normalized spacial score (nSPS) is 18.2. The first-order valence-electron chi connectivity index (χ1n) is 14.0. The van der Waals surface area contributed by atoms with Crippen LogP contribution in [-0.2, 0) is 9.53 Å². The summed E-state index contributed by atoms with van der Waals surface area (Å²) in [6.45, 7) is 8.03. The highest BCUT2D eigenvalue weighted by atomic mass is 19.1. The van der Waals surface area contributed by atoms with Crippen molar-refractivity contribution in [3.8, 4) is 0 Å². The van der Waals surface area contributed by atoms with Crippen molar-refractivity contribution in [3.05, 3.63) is 64.6 Å². The Bertz CT molecular complexity index is 1450. The Morgan fingerprint density at radius 3 is 2.67 bits per heavy atom. The minimum Gasteiger partial charge on any atom is -0.378 e. The lowest BCUT2D eigenvalue weighted by Gasteiger charge is -2.29. The molecule has 0 aliphatic carbocycles. The van der Waals surface area contributed by atoms with Crippen LogP contribution in [0, 0.1) is 18.7 Å².